The number of rotatable bonds is 7. The minimum absolute atomic E-state index is 0.294. The summed E-state index contributed by atoms with van der Waals surface area (Å²) in [6.45, 7) is 1.36. The van der Waals surface area contributed by atoms with Crippen LogP contribution in [-0.4, -0.2) is 35.5 Å². The van der Waals surface area contributed by atoms with E-state index >= 15 is 0 Å². The molecule has 4 atom stereocenters. The van der Waals surface area contributed by atoms with Gasteiger partial charge in [0, 0.05) is 23.9 Å². The van der Waals surface area contributed by atoms with E-state index in [2.05, 4.69) is 0 Å². The molecule has 1 saturated heterocycles. The number of esters is 1. The highest BCUT2D eigenvalue weighted by atomic mass is 32.2. The highest BCUT2D eigenvalue weighted by Crippen LogP contribution is 2.41. The molecule has 4 unspecified atom stereocenters. The molecular formula is C26H25F2NO3S. The maximum atomic E-state index is 13.9. The molecular weight excluding hydrogens is 444 g/mol. The number of carbonyl (C=O) groups is 1. The quantitative estimate of drug-likeness (QED) is 0.256. The van der Waals surface area contributed by atoms with E-state index < -0.39 is 35.4 Å². The summed E-state index contributed by atoms with van der Waals surface area (Å²) in [4.78, 5) is 14.9. The second-order valence-corrected chi connectivity index (χ2v) is 9.16. The Morgan fingerprint density at radius 1 is 1.03 bits per heavy atom. The van der Waals surface area contributed by atoms with E-state index in [9.17, 15) is 13.6 Å². The maximum absolute atomic E-state index is 13.9. The molecule has 1 aliphatic heterocycles. The molecule has 1 aliphatic rings. The molecule has 7 heteroatoms. The first-order valence-electron chi connectivity index (χ1n) is 10.7. The van der Waals surface area contributed by atoms with E-state index in [1.807, 2.05) is 72.6 Å². The van der Waals surface area contributed by atoms with Crippen LogP contribution in [0.2, 0.25) is 0 Å². The van der Waals surface area contributed by atoms with Crippen LogP contribution in [0.3, 0.4) is 0 Å². The van der Waals surface area contributed by atoms with Crippen LogP contribution >= 0.6 is 11.8 Å². The zero-order valence-electron chi connectivity index (χ0n) is 18.4. The average molecular weight is 470 g/mol. The van der Waals surface area contributed by atoms with Crippen molar-refractivity contribution in [3.8, 4) is 0 Å². The highest BCUT2D eigenvalue weighted by Gasteiger charge is 2.46. The number of nitrogens with zero attached hydrogens (tertiary/aromatic N) is 1. The molecule has 3 aromatic rings. The first kappa shape index (κ1) is 23.4. The van der Waals surface area contributed by atoms with Crippen molar-refractivity contribution in [2.24, 2.45) is 0 Å². The molecule has 33 heavy (non-hydrogen) atoms. The largest absolute Gasteiger partial charge is 0.448 e. The fraction of sp³-hybridized carbons (Fsp3) is 0.269. The number of hydrogen-bond donors (Lipinski definition) is 0. The van der Waals surface area contributed by atoms with Crippen LogP contribution in [0.1, 0.15) is 24.3 Å². The van der Waals surface area contributed by atoms with Crippen LogP contribution in [0.5, 0.6) is 0 Å². The van der Waals surface area contributed by atoms with Gasteiger partial charge in [0.2, 0.25) is 0 Å². The Hall–Kier alpha value is -2.74. The van der Waals surface area contributed by atoms with Gasteiger partial charge >= 0.3 is 5.97 Å². The minimum atomic E-state index is -0.649. The van der Waals surface area contributed by atoms with Crippen LogP contribution in [0.25, 0.3) is 0 Å². The maximum Gasteiger partial charge on any atom is 0.303 e. The van der Waals surface area contributed by atoms with Gasteiger partial charge in [-0.15, -0.1) is 0 Å². The predicted octanol–water partition coefficient (Wildman–Crippen LogP) is 5.59. The van der Waals surface area contributed by atoms with Gasteiger partial charge in [0.15, 0.2) is 5.44 Å². The summed E-state index contributed by atoms with van der Waals surface area (Å²) < 4.78 is 40.0. The molecule has 172 valence electrons. The summed E-state index contributed by atoms with van der Waals surface area (Å²) in [6, 6.07) is 22.5. The summed E-state index contributed by atoms with van der Waals surface area (Å²) >= 11 is 1.39. The molecule has 3 aromatic carbocycles. The lowest BCUT2D eigenvalue weighted by Crippen LogP contribution is -2.42. The lowest BCUT2D eigenvalue weighted by molar-refractivity contribution is -0.147. The molecule has 1 fully saturated rings. The molecule has 0 aromatic heterocycles. The summed E-state index contributed by atoms with van der Waals surface area (Å²) in [7, 11) is 1.91. The lowest BCUT2D eigenvalue weighted by Gasteiger charge is -2.28. The van der Waals surface area contributed by atoms with Crippen molar-refractivity contribution in [2.75, 3.05) is 7.05 Å². The predicted molar refractivity (Wildman–Crippen MR) is 124 cm³/mol. The van der Waals surface area contributed by atoms with E-state index in [0.29, 0.717) is 12.0 Å². The average Bonchev–Trinajstić information content (AvgIpc) is 3.10. The fourth-order valence-electron chi connectivity index (χ4n) is 4.10. The molecule has 0 bridgehead atoms. The van der Waals surface area contributed by atoms with Gasteiger partial charge in [0.1, 0.15) is 24.0 Å². The Morgan fingerprint density at radius 3 is 2.24 bits per heavy atom. The Kier molecular flexibility index (Phi) is 7.42. The Morgan fingerprint density at radius 2 is 1.64 bits per heavy atom. The number of hydrogen-bond acceptors (Lipinski definition) is 5. The molecule has 0 N–H and O–H groups in total. The first-order valence-corrected chi connectivity index (χ1v) is 11.5. The zero-order chi connectivity index (χ0) is 23.4. The van der Waals surface area contributed by atoms with E-state index in [1.165, 1.54) is 30.8 Å². The topological polar surface area (TPSA) is 38.8 Å². The first-order chi connectivity index (χ1) is 15.9. The molecule has 0 amide bonds. The Bertz CT molecular complexity index is 1060. The van der Waals surface area contributed by atoms with Crippen LogP contribution in [0, 0.1) is 11.6 Å². The molecule has 0 aliphatic carbocycles. The van der Waals surface area contributed by atoms with Crippen LogP contribution in [0.15, 0.2) is 83.8 Å². The molecule has 4 nitrogen and oxygen atoms in total. The van der Waals surface area contributed by atoms with Gasteiger partial charge < -0.3 is 9.47 Å². The van der Waals surface area contributed by atoms with Crippen molar-refractivity contribution in [1.82, 2.24) is 4.90 Å². The lowest BCUT2D eigenvalue weighted by atomic mass is 10.0. The van der Waals surface area contributed by atoms with Crippen molar-refractivity contribution in [2.45, 2.75) is 42.0 Å². The Balaban J connectivity index is 1.69. The monoisotopic (exact) mass is 469 g/mol. The van der Waals surface area contributed by atoms with Gasteiger partial charge in [0.25, 0.3) is 0 Å². The third-order valence-electron chi connectivity index (χ3n) is 5.56. The summed E-state index contributed by atoms with van der Waals surface area (Å²) in [5.41, 5.74) is 0.812. The number of benzene rings is 3. The van der Waals surface area contributed by atoms with Crippen LogP contribution in [0.4, 0.5) is 8.78 Å². The van der Waals surface area contributed by atoms with E-state index in [1.54, 1.807) is 0 Å². The SMILES string of the molecule is CC(=O)OC(Sc1ccccc1)C1OC(c2ccccc2)N(C)C1Cc1cc(F)cc(F)c1. The Labute approximate surface area is 196 Å². The van der Waals surface area contributed by atoms with Crippen molar-refractivity contribution in [3.63, 3.8) is 0 Å². The second-order valence-electron chi connectivity index (χ2n) is 7.99. The molecule has 4 rings (SSSR count). The molecule has 0 spiro atoms. The van der Waals surface area contributed by atoms with E-state index in [4.69, 9.17) is 9.47 Å². The molecule has 0 saturated carbocycles. The number of likely N-dealkylation sites (N-methyl/N-ethyl adjacent to an activating group) is 1. The van der Waals surface area contributed by atoms with E-state index in [-0.39, 0.29) is 6.04 Å². The smallest absolute Gasteiger partial charge is 0.303 e. The van der Waals surface area contributed by atoms with Crippen molar-refractivity contribution in [3.05, 3.63) is 102 Å². The number of carbonyl (C=O) groups excluding carboxylic acids is 1. The number of ether oxygens (including phenoxy) is 2. The number of thioether (sulfide) groups is 1. The highest BCUT2D eigenvalue weighted by molar-refractivity contribution is 7.99. The van der Waals surface area contributed by atoms with Gasteiger partial charge in [-0.2, -0.15) is 0 Å². The van der Waals surface area contributed by atoms with Crippen LogP contribution in [-0.2, 0) is 20.7 Å². The number of halogens is 2. The van der Waals surface area contributed by atoms with Gasteiger partial charge in [-0.25, -0.2) is 8.78 Å². The normalized spacial score (nSPS) is 21.6. The van der Waals surface area contributed by atoms with Crippen LogP contribution < -0.4 is 0 Å². The summed E-state index contributed by atoms with van der Waals surface area (Å²) in [5, 5.41) is 0. The van der Waals surface area contributed by atoms with Gasteiger partial charge in [0.05, 0.1) is 0 Å². The van der Waals surface area contributed by atoms with Gasteiger partial charge in [-0.05, 0) is 48.9 Å². The van der Waals surface area contributed by atoms with Gasteiger partial charge in [-0.3, -0.25) is 9.69 Å². The third-order valence-corrected chi connectivity index (χ3v) is 6.70. The van der Waals surface area contributed by atoms with Crippen molar-refractivity contribution < 1.29 is 23.0 Å². The molecule has 1 heterocycles. The third kappa shape index (κ3) is 5.79. The minimum Gasteiger partial charge on any atom is -0.448 e. The van der Waals surface area contributed by atoms with Gasteiger partial charge in [-0.1, -0.05) is 60.3 Å². The van der Waals surface area contributed by atoms with Crippen molar-refractivity contribution >= 4 is 17.7 Å². The zero-order valence-corrected chi connectivity index (χ0v) is 19.2. The van der Waals surface area contributed by atoms with Crippen molar-refractivity contribution in [1.29, 1.82) is 0 Å². The second kappa shape index (κ2) is 10.5. The van der Waals surface area contributed by atoms with E-state index in [0.717, 1.165) is 16.5 Å². The fourth-order valence-corrected chi connectivity index (χ4v) is 5.25. The summed E-state index contributed by atoms with van der Waals surface area (Å²) in [5.74, 6) is -1.68. The summed E-state index contributed by atoms with van der Waals surface area (Å²) in [6.07, 6.45) is -0.610. The standard InChI is InChI=1S/C26H25F2NO3S/c1-17(30)31-26(33-22-11-7-4-8-12-22)24-23(15-18-13-20(27)16-21(28)14-18)29(2)25(32-24)19-9-5-3-6-10-19/h3-14,16,23-26H,15H2,1-2H3. The molecule has 0 radical (unpaired) electrons.